The number of nitriles is 1. The van der Waals surface area contributed by atoms with E-state index in [1.807, 2.05) is 31.2 Å². The highest BCUT2D eigenvalue weighted by molar-refractivity contribution is 9.10. The predicted octanol–water partition coefficient (Wildman–Crippen LogP) is 6.35. The van der Waals surface area contributed by atoms with Crippen molar-refractivity contribution >= 4 is 32.9 Å². The molecular formula is C29H23BrN2O6. The van der Waals surface area contributed by atoms with Crippen molar-refractivity contribution in [3.8, 4) is 29.1 Å². The normalized spacial score (nSPS) is 14.4. The number of rotatable bonds is 6. The van der Waals surface area contributed by atoms with E-state index in [-0.39, 0.29) is 23.0 Å². The minimum atomic E-state index is -0.639. The van der Waals surface area contributed by atoms with Gasteiger partial charge in [0.15, 0.2) is 11.5 Å². The van der Waals surface area contributed by atoms with Crippen LogP contribution in [-0.4, -0.2) is 19.7 Å². The number of carbonyl (C=O) groups is 1. The van der Waals surface area contributed by atoms with Gasteiger partial charge in [0.25, 0.3) is 0 Å². The van der Waals surface area contributed by atoms with E-state index in [0.717, 1.165) is 15.4 Å². The van der Waals surface area contributed by atoms with E-state index in [1.54, 1.807) is 44.4 Å². The number of ether oxygens (including phenoxy) is 4. The van der Waals surface area contributed by atoms with Crippen LogP contribution < -0.4 is 24.7 Å². The fourth-order valence-electron chi connectivity index (χ4n) is 4.52. The number of nitrogens with two attached hydrogens (primary N) is 1. The SMILES string of the molecule is CCOc1ccc(C2C(C#N)=C(N)Oc3cc(OC(=O)c4oc5ccc(Br)cc5c4C)ccc32)cc1OC. The number of hydrogen-bond donors (Lipinski definition) is 1. The van der Waals surface area contributed by atoms with Crippen molar-refractivity contribution in [3.63, 3.8) is 0 Å². The number of fused-ring (bicyclic) bond motifs is 2. The molecule has 0 bridgehead atoms. The molecular weight excluding hydrogens is 552 g/mol. The molecule has 2 heterocycles. The molecule has 1 aliphatic heterocycles. The maximum absolute atomic E-state index is 13.0. The van der Waals surface area contributed by atoms with Gasteiger partial charge in [-0.3, -0.25) is 0 Å². The monoisotopic (exact) mass is 574 g/mol. The Morgan fingerprint density at radius 2 is 1.95 bits per heavy atom. The van der Waals surface area contributed by atoms with Crippen LogP contribution in [0, 0.1) is 18.3 Å². The van der Waals surface area contributed by atoms with E-state index in [9.17, 15) is 10.1 Å². The van der Waals surface area contributed by atoms with Crippen LogP contribution in [0.2, 0.25) is 0 Å². The van der Waals surface area contributed by atoms with Crippen LogP contribution in [0.4, 0.5) is 0 Å². The summed E-state index contributed by atoms with van der Waals surface area (Å²) < 4.78 is 29.2. The summed E-state index contributed by atoms with van der Waals surface area (Å²) in [4.78, 5) is 13.0. The van der Waals surface area contributed by atoms with Gasteiger partial charge in [-0.05, 0) is 55.8 Å². The zero-order valence-electron chi connectivity index (χ0n) is 20.8. The molecule has 0 aliphatic carbocycles. The second kappa shape index (κ2) is 10.1. The Morgan fingerprint density at radius 3 is 2.68 bits per heavy atom. The molecule has 1 atom stereocenters. The Balaban J connectivity index is 1.49. The van der Waals surface area contributed by atoms with Crippen LogP contribution in [-0.2, 0) is 0 Å². The minimum Gasteiger partial charge on any atom is -0.493 e. The Morgan fingerprint density at radius 1 is 1.13 bits per heavy atom. The smallest absolute Gasteiger partial charge is 0.379 e. The van der Waals surface area contributed by atoms with Crippen LogP contribution >= 0.6 is 15.9 Å². The number of benzene rings is 3. The van der Waals surface area contributed by atoms with Crippen molar-refractivity contribution in [1.82, 2.24) is 0 Å². The summed E-state index contributed by atoms with van der Waals surface area (Å²) in [5.41, 5.74) is 9.13. The number of esters is 1. The first-order chi connectivity index (χ1) is 18.3. The molecule has 192 valence electrons. The molecule has 1 unspecified atom stereocenters. The Kier molecular flexibility index (Phi) is 6.74. The van der Waals surface area contributed by atoms with Crippen LogP contribution in [0.3, 0.4) is 0 Å². The highest BCUT2D eigenvalue weighted by Crippen LogP contribution is 2.45. The van der Waals surface area contributed by atoms with Crippen molar-refractivity contribution in [2.75, 3.05) is 13.7 Å². The lowest BCUT2D eigenvalue weighted by molar-refractivity contribution is 0.0702. The van der Waals surface area contributed by atoms with Gasteiger partial charge in [-0.2, -0.15) is 5.26 Å². The fourth-order valence-corrected chi connectivity index (χ4v) is 4.88. The average molecular weight is 575 g/mol. The number of halogens is 1. The van der Waals surface area contributed by atoms with Crippen LogP contribution in [0.25, 0.3) is 11.0 Å². The van der Waals surface area contributed by atoms with Crippen LogP contribution in [0.15, 0.2) is 74.9 Å². The third kappa shape index (κ3) is 4.44. The van der Waals surface area contributed by atoms with Gasteiger partial charge in [0.05, 0.1) is 19.6 Å². The summed E-state index contributed by atoms with van der Waals surface area (Å²) in [6.07, 6.45) is 0. The van der Waals surface area contributed by atoms with Crippen molar-refractivity contribution in [3.05, 3.63) is 93.0 Å². The lowest BCUT2D eigenvalue weighted by atomic mass is 9.83. The van der Waals surface area contributed by atoms with Gasteiger partial charge in [-0.1, -0.05) is 28.1 Å². The van der Waals surface area contributed by atoms with Crippen molar-refractivity contribution < 1.29 is 28.2 Å². The zero-order chi connectivity index (χ0) is 27.0. The second-order valence-electron chi connectivity index (χ2n) is 8.55. The molecule has 0 saturated carbocycles. The summed E-state index contributed by atoms with van der Waals surface area (Å²) in [5, 5.41) is 10.7. The van der Waals surface area contributed by atoms with Crippen LogP contribution in [0.1, 0.15) is 40.1 Å². The van der Waals surface area contributed by atoms with Gasteiger partial charge in [-0.15, -0.1) is 0 Å². The number of aryl methyl sites for hydroxylation is 1. The molecule has 38 heavy (non-hydrogen) atoms. The molecule has 1 aliphatic rings. The molecule has 5 rings (SSSR count). The van der Waals surface area contributed by atoms with E-state index in [4.69, 9.17) is 29.1 Å². The number of hydrogen-bond acceptors (Lipinski definition) is 8. The van der Waals surface area contributed by atoms with Gasteiger partial charge >= 0.3 is 5.97 Å². The first kappa shape index (κ1) is 25.2. The molecule has 0 radical (unpaired) electrons. The van der Waals surface area contributed by atoms with Gasteiger partial charge in [-0.25, -0.2) is 4.79 Å². The Bertz CT molecular complexity index is 1650. The highest BCUT2D eigenvalue weighted by atomic mass is 79.9. The summed E-state index contributed by atoms with van der Waals surface area (Å²) in [6.45, 7) is 4.17. The number of allylic oxidation sites excluding steroid dienone is 1. The molecule has 3 aromatic carbocycles. The number of nitrogens with zero attached hydrogens (tertiary/aromatic N) is 1. The fraction of sp³-hybridized carbons (Fsp3) is 0.172. The summed E-state index contributed by atoms with van der Waals surface area (Å²) in [7, 11) is 1.55. The average Bonchev–Trinajstić information content (AvgIpc) is 3.24. The summed E-state index contributed by atoms with van der Waals surface area (Å²) >= 11 is 3.44. The Hall–Kier alpha value is -4.42. The first-order valence-corrected chi connectivity index (χ1v) is 12.6. The maximum Gasteiger partial charge on any atom is 0.379 e. The van der Waals surface area contributed by atoms with E-state index < -0.39 is 11.9 Å². The Labute approximate surface area is 227 Å². The first-order valence-electron chi connectivity index (χ1n) is 11.8. The van der Waals surface area contributed by atoms with Gasteiger partial charge in [0.2, 0.25) is 11.6 Å². The lowest BCUT2D eigenvalue weighted by Crippen LogP contribution is -2.21. The summed E-state index contributed by atoms with van der Waals surface area (Å²) in [6, 6.07) is 18.1. The molecule has 1 aromatic heterocycles. The summed E-state index contributed by atoms with van der Waals surface area (Å²) in [5.74, 6) is 0.668. The van der Waals surface area contributed by atoms with E-state index in [0.29, 0.717) is 40.6 Å². The molecule has 4 aromatic rings. The van der Waals surface area contributed by atoms with Gasteiger partial charge < -0.3 is 29.1 Å². The van der Waals surface area contributed by atoms with Crippen LogP contribution in [0.5, 0.6) is 23.0 Å². The van der Waals surface area contributed by atoms with E-state index in [1.165, 1.54) is 0 Å². The highest BCUT2D eigenvalue weighted by Gasteiger charge is 2.32. The molecule has 0 amide bonds. The minimum absolute atomic E-state index is 0.0277. The molecule has 0 fully saturated rings. The van der Waals surface area contributed by atoms with E-state index in [2.05, 4.69) is 22.0 Å². The van der Waals surface area contributed by atoms with Crippen molar-refractivity contribution in [1.29, 1.82) is 5.26 Å². The standard InChI is InChI=1S/C29H23BrN2O6/c1-4-35-23-9-5-16(11-25(23)34-3)26-19-8-7-18(13-24(19)38-28(32)21(26)14-31)36-29(33)27-15(2)20-12-17(30)6-10-22(20)37-27/h5-13,26H,4,32H2,1-3H3. The predicted molar refractivity (Wildman–Crippen MR) is 144 cm³/mol. The van der Waals surface area contributed by atoms with Crippen molar-refractivity contribution in [2.24, 2.45) is 5.73 Å². The number of methoxy groups -OCH3 is 1. The quantitative estimate of drug-likeness (QED) is 0.209. The largest absolute Gasteiger partial charge is 0.493 e. The third-order valence-electron chi connectivity index (χ3n) is 6.31. The molecule has 9 heteroatoms. The van der Waals surface area contributed by atoms with E-state index >= 15 is 0 Å². The number of furan rings is 1. The maximum atomic E-state index is 13.0. The molecule has 0 saturated heterocycles. The molecule has 2 N–H and O–H groups in total. The van der Waals surface area contributed by atoms with Crippen molar-refractivity contribution in [2.45, 2.75) is 19.8 Å². The zero-order valence-corrected chi connectivity index (χ0v) is 22.4. The third-order valence-corrected chi connectivity index (χ3v) is 6.80. The van der Waals surface area contributed by atoms with Gasteiger partial charge in [0.1, 0.15) is 28.7 Å². The molecule has 8 nitrogen and oxygen atoms in total. The topological polar surface area (TPSA) is 117 Å². The molecule has 0 spiro atoms. The second-order valence-corrected chi connectivity index (χ2v) is 9.47. The lowest BCUT2D eigenvalue weighted by Gasteiger charge is -2.27. The number of carbonyl (C=O) groups excluding carboxylic acids is 1. The van der Waals surface area contributed by atoms with Gasteiger partial charge in [0, 0.05) is 27.1 Å².